The predicted molar refractivity (Wildman–Crippen MR) is 116 cm³/mol. The van der Waals surface area contributed by atoms with Gasteiger partial charge >= 0.3 is 0 Å². The highest BCUT2D eigenvalue weighted by atomic mass is 16.6. The van der Waals surface area contributed by atoms with E-state index in [9.17, 15) is 24.8 Å². The van der Waals surface area contributed by atoms with Crippen molar-refractivity contribution in [3.05, 3.63) is 80.9 Å². The van der Waals surface area contributed by atoms with Crippen LogP contribution in [0.4, 0.5) is 5.69 Å². The lowest BCUT2D eigenvalue weighted by atomic mass is 9.94. The van der Waals surface area contributed by atoms with Crippen molar-refractivity contribution in [2.24, 2.45) is 0 Å². The third-order valence-corrected chi connectivity index (χ3v) is 5.31. The van der Waals surface area contributed by atoms with E-state index in [1.54, 1.807) is 12.1 Å². The van der Waals surface area contributed by atoms with Gasteiger partial charge in [0.25, 0.3) is 17.4 Å². The maximum Gasteiger partial charge on any atom is 0.295 e. The average Bonchev–Trinajstić information content (AvgIpc) is 3.06. The third kappa shape index (κ3) is 4.68. The molecule has 2 aromatic rings. The Balaban J connectivity index is 2.05. The van der Waals surface area contributed by atoms with Crippen LogP contribution in [0.2, 0.25) is 0 Å². The number of likely N-dealkylation sites (tertiary alicyclic amines) is 1. The zero-order valence-corrected chi connectivity index (χ0v) is 17.6. The van der Waals surface area contributed by atoms with Crippen LogP contribution in [0.25, 0.3) is 5.76 Å². The molecule has 1 aliphatic heterocycles. The summed E-state index contributed by atoms with van der Waals surface area (Å²) in [4.78, 5) is 37.4. The maximum absolute atomic E-state index is 12.9. The van der Waals surface area contributed by atoms with Gasteiger partial charge in [-0.1, -0.05) is 31.2 Å². The van der Waals surface area contributed by atoms with Gasteiger partial charge in [-0.2, -0.15) is 0 Å². The zero-order chi connectivity index (χ0) is 23.3. The van der Waals surface area contributed by atoms with Crippen LogP contribution in [0, 0.1) is 10.1 Å². The summed E-state index contributed by atoms with van der Waals surface area (Å²) in [6.45, 7) is 2.13. The number of Topliss-reactive ketones (excluding diaryl/α,β-unsaturated/α-hetero) is 1. The highest BCUT2D eigenvalue weighted by Gasteiger charge is 2.45. The van der Waals surface area contributed by atoms with Crippen molar-refractivity contribution in [1.82, 2.24) is 4.90 Å². The van der Waals surface area contributed by atoms with E-state index in [0.717, 1.165) is 12.0 Å². The second-order valence-corrected chi connectivity index (χ2v) is 7.23. The van der Waals surface area contributed by atoms with E-state index in [2.05, 4.69) is 0 Å². The van der Waals surface area contributed by atoms with Crippen LogP contribution in [0.1, 0.15) is 29.7 Å². The van der Waals surface area contributed by atoms with Crippen LogP contribution >= 0.6 is 0 Å². The molecule has 168 valence electrons. The normalized spacial score (nSPS) is 17.7. The van der Waals surface area contributed by atoms with Gasteiger partial charge in [-0.05, 0) is 29.7 Å². The number of aliphatic hydroxyl groups is 2. The molecule has 1 atom stereocenters. The molecular weight excluding hydrogens is 416 g/mol. The summed E-state index contributed by atoms with van der Waals surface area (Å²) in [6.07, 6.45) is 0.818. The van der Waals surface area contributed by atoms with Crippen LogP contribution < -0.4 is 0 Å². The standard InChI is InChI=1S/C23H24N2O7/c1-2-15-3-5-16(6-4-15)20-19(21(27)17-7-9-18(10-8-17)25(30)31)22(28)23(29)24(20)11-13-32-14-12-26/h3-10,20,26-27H,2,11-14H2,1H3/b21-19-. The number of aliphatic hydroxyl groups excluding tert-OH is 2. The maximum atomic E-state index is 12.9. The van der Waals surface area contributed by atoms with Gasteiger partial charge in [0.15, 0.2) is 0 Å². The highest BCUT2D eigenvalue weighted by Crippen LogP contribution is 2.39. The lowest BCUT2D eigenvalue weighted by Crippen LogP contribution is -2.33. The first-order valence-electron chi connectivity index (χ1n) is 10.2. The van der Waals surface area contributed by atoms with Crippen LogP contribution in [0.5, 0.6) is 0 Å². The Morgan fingerprint density at radius 1 is 1.09 bits per heavy atom. The van der Waals surface area contributed by atoms with Crippen LogP contribution in [-0.2, 0) is 20.7 Å². The Bertz CT molecular complexity index is 1030. The molecule has 9 nitrogen and oxygen atoms in total. The van der Waals surface area contributed by atoms with Crippen molar-refractivity contribution in [2.45, 2.75) is 19.4 Å². The SMILES string of the molecule is CCc1ccc(C2/C(=C(/O)c3ccc([N+](=O)[O-])cc3)C(=O)C(=O)N2CCOCCO)cc1. The zero-order valence-electron chi connectivity index (χ0n) is 17.6. The Hall–Kier alpha value is -3.56. The summed E-state index contributed by atoms with van der Waals surface area (Å²) in [5, 5.41) is 30.7. The van der Waals surface area contributed by atoms with Gasteiger partial charge in [0.05, 0.1) is 36.4 Å². The topological polar surface area (TPSA) is 130 Å². The first-order chi connectivity index (χ1) is 15.4. The number of nitro groups is 1. The highest BCUT2D eigenvalue weighted by molar-refractivity contribution is 6.46. The molecule has 0 radical (unpaired) electrons. The molecule has 1 aliphatic rings. The largest absolute Gasteiger partial charge is 0.507 e. The van der Waals surface area contributed by atoms with E-state index in [4.69, 9.17) is 9.84 Å². The number of amides is 1. The van der Waals surface area contributed by atoms with Gasteiger partial charge in [-0.3, -0.25) is 19.7 Å². The van der Waals surface area contributed by atoms with Gasteiger partial charge in [0.2, 0.25) is 0 Å². The van der Waals surface area contributed by atoms with Crippen LogP contribution in [-0.4, -0.2) is 58.1 Å². The number of ketones is 1. The summed E-state index contributed by atoms with van der Waals surface area (Å²) in [6, 6.07) is 11.7. The minimum atomic E-state index is -0.840. The molecule has 1 heterocycles. The van der Waals surface area contributed by atoms with Gasteiger partial charge in [-0.25, -0.2) is 0 Å². The summed E-state index contributed by atoms with van der Waals surface area (Å²) in [5.41, 5.74) is 1.67. The van der Waals surface area contributed by atoms with Crippen LogP contribution in [0.3, 0.4) is 0 Å². The molecule has 1 amide bonds. The van der Waals surface area contributed by atoms with Crippen molar-refractivity contribution in [1.29, 1.82) is 0 Å². The van der Waals surface area contributed by atoms with Crippen molar-refractivity contribution in [2.75, 3.05) is 26.4 Å². The number of benzene rings is 2. The number of aryl methyl sites for hydroxylation is 1. The molecule has 0 bridgehead atoms. The molecule has 32 heavy (non-hydrogen) atoms. The van der Waals surface area contributed by atoms with Crippen molar-refractivity contribution < 1.29 is 29.5 Å². The summed E-state index contributed by atoms with van der Waals surface area (Å²) < 4.78 is 5.27. The number of carbonyl (C=O) groups is 2. The monoisotopic (exact) mass is 440 g/mol. The molecule has 2 aromatic carbocycles. The molecule has 0 aliphatic carbocycles. The van der Waals surface area contributed by atoms with E-state index in [1.807, 2.05) is 19.1 Å². The second kappa shape index (κ2) is 10.2. The molecule has 0 saturated carbocycles. The Morgan fingerprint density at radius 3 is 2.31 bits per heavy atom. The van der Waals surface area contributed by atoms with Crippen molar-refractivity contribution >= 4 is 23.1 Å². The van der Waals surface area contributed by atoms with E-state index in [1.165, 1.54) is 29.2 Å². The second-order valence-electron chi connectivity index (χ2n) is 7.23. The fraction of sp³-hybridized carbons (Fsp3) is 0.304. The van der Waals surface area contributed by atoms with Crippen molar-refractivity contribution in [3.8, 4) is 0 Å². The first-order valence-corrected chi connectivity index (χ1v) is 10.2. The fourth-order valence-electron chi connectivity index (χ4n) is 3.62. The van der Waals surface area contributed by atoms with Crippen LogP contribution in [0.15, 0.2) is 54.1 Å². The summed E-state index contributed by atoms with van der Waals surface area (Å²) in [7, 11) is 0. The summed E-state index contributed by atoms with van der Waals surface area (Å²) in [5.74, 6) is -2.01. The van der Waals surface area contributed by atoms with E-state index in [-0.39, 0.29) is 43.2 Å². The average molecular weight is 440 g/mol. The fourth-order valence-corrected chi connectivity index (χ4v) is 3.62. The molecule has 0 aromatic heterocycles. The number of rotatable bonds is 9. The molecule has 1 saturated heterocycles. The number of hydrogen-bond acceptors (Lipinski definition) is 7. The summed E-state index contributed by atoms with van der Waals surface area (Å²) >= 11 is 0. The number of ether oxygens (including phenoxy) is 1. The van der Waals surface area contributed by atoms with E-state index in [0.29, 0.717) is 5.56 Å². The lowest BCUT2D eigenvalue weighted by molar-refractivity contribution is -0.384. The number of carbonyl (C=O) groups excluding carboxylic acids is 2. The third-order valence-electron chi connectivity index (χ3n) is 5.31. The van der Waals surface area contributed by atoms with Gasteiger partial charge < -0.3 is 19.8 Å². The molecule has 0 spiro atoms. The van der Waals surface area contributed by atoms with Gasteiger partial charge in [0, 0.05) is 24.2 Å². The number of nitrogens with zero attached hydrogens (tertiary/aromatic N) is 2. The Labute approximate surface area is 184 Å². The van der Waals surface area contributed by atoms with E-state index >= 15 is 0 Å². The lowest BCUT2D eigenvalue weighted by Gasteiger charge is -2.25. The predicted octanol–water partition coefficient (Wildman–Crippen LogP) is 2.59. The number of non-ortho nitro benzene ring substituents is 1. The Kier molecular flexibility index (Phi) is 7.34. The van der Waals surface area contributed by atoms with E-state index < -0.39 is 28.4 Å². The van der Waals surface area contributed by atoms with Gasteiger partial charge in [0.1, 0.15) is 5.76 Å². The number of hydrogen-bond donors (Lipinski definition) is 2. The van der Waals surface area contributed by atoms with Gasteiger partial charge in [-0.15, -0.1) is 0 Å². The smallest absolute Gasteiger partial charge is 0.295 e. The molecule has 1 unspecified atom stereocenters. The minimum absolute atomic E-state index is 0.0851. The number of nitro benzene ring substituents is 1. The molecule has 2 N–H and O–H groups in total. The molecule has 9 heteroatoms. The quantitative estimate of drug-likeness (QED) is 0.153. The molecule has 3 rings (SSSR count). The first kappa shape index (κ1) is 23.1. The Morgan fingerprint density at radius 2 is 1.75 bits per heavy atom. The van der Waals surface area contributed by atoms with Crippen molar-refractivity contribution in [3.63, 3.8) is 0 Å². The minimum Gasteiger partial charge on any atom is -0.507 e. The molecule has 1 fully saturated rings. The molecular formula is C23H24N2O7.